The summed E-state index contributed by atoms with van der Waals surface area (Å²) >= 11 is 2.90. The second kappa shape index (κ2) is 5.78. The summed E-state index contributed by atoms with van der Waals surface area (Å²) in [4.78, 5) is 28.8. The molecule has 2 heterocycles. The number of amides is 2. The van der Waals surface area contributed by atoms with Gasteiger partial charge in [0.05, 0.1) is 12.2 Å². The average molecular weight is 332 g/mol. The smallest absolute Gasteiger partial charge is 0.252 e. The molecule has 1 N–H and O–H groups in total. The van der Waals surface area contributed by atoms with Gasteiger partial charge < -0.3 is 10.2 Å². The Labute approximate surface area is 137 Å². The summed E-state index contributed by atoms with van der Waals surface area (Å²) in [7, 11) is 1.71. The van der Waals surface area contributed by atoms with Gasteiger partial charge >= 0.3 is 0 Å². The molecule has 2 amide bonds. The van der Waals surface area contributed by atoms with Crippen LogP contribution in [-0.4, -0.2) is 23.6 Å². The van der Waals surface area contributed by atoms with Crippen LogP contribution >= 0.6 is 23.1 Å². The Morgan fingerprint density at radius 1 is 1.27 bits per heavy atom. The van der Waals surface area contributed by atoms with Crippen LogP contribution in [0.2, 0.25) is 0 Å². The second-order valence-corrected chi connectivity index (χ2v) is 7.72. The van der Waals surface area contributed by atoms with Crippen molar-refractivity contribution >= 4 is 40.6 Å². The monoisotopic (exact) mass is 332 g/mol. The summed E-state index contributed by atoms with van der Waals surface area (Å²) in [6.45, 7) is 2.14. The van der Waals surface area contributed by atoms with Crippen molar-refractivity contribution < 1.29 is 9.59 Å². The van der Waals surface area contributed by atoms with Crippen molar-refractivity contribution in [1.29, 1.82) is 0 Å². The van der Waals surface area contributed by atoms with Crippen molar-refractivity contribution in [2.45, 2.75) is 23.1 Å². The number of thiophene rings is 1. The molecule has 114 valence electrons. The van der Waals surface area contributed by atoms with Crippen molar-refractivity contribution in [2.24, 2.45) is 0 Å². The van der Waals surface area contributed by atoms with Gasteiger partial charge in [-0.1, -0.05) is 30.0 Å². The summed E-state index contributed by atoms with van der Waals surface area (Å²) < 4.78 is -1.14. The predicted octanol–water partition coefficient (Wildman–Crippen LogP) is 2.89. The fourth-order valence-electron chi connectivity index (χ4n) is 2.41. The lowest BCUT2D eigenvalue weighted by molar-refractivity contribution is -0.131. The highest BCUT2D eigenvalue weighted by atomic mass is 32.2. The number of carbonyl (C=O) groups excluding carboxylic acids is 2. The SMILES string of the molecule is CN1C(=O)[C@](C)(C(=O)NCc2cccs2)Sc2ccccc21. The second-order valence-electron chi connectivity index (χ2n) is 5.23. The summed E-state index contributed by atoms with van der Waals surface area (Å²) in [5.41, 5.74) is 0.848. The van der Waals surface area contributed by atoms with Gasteiger partial charge in [-0.25, -0.2) is 0 Å². The van der Waals surface area contributed by atoms with E-state index in [1.165, 1.54) is 11.8 Å². The minimum atomic E-state index is -1.14. The van der Waals surface area contributed by atoms with Crippen LogP contribution in [0, 0.1) is 0 Å². The Balaban J connectivity index is 1.82. The van der Waals surface area contributed by atoms with Crippen molar-refractivity contribution in [3.8, 4) is 0 Å². The molecule has 0 bridgehead atoms. The molecule has 2 aromatic rings. The molecule has 1 aromatic carbocycles. The summed E-state index contributed by atoms with van der Waals surface area (Å²) in [6, 6.07) is 11.5. The number of rotatable bonds is 3. The third-order valence-corrected chi connectivity index (χ3v) is 5.90. The normalized spacial score (nSPS) is 20.6. The lowest BCUT2D eigenvalue weighted by atomic mass is 10.1. The first-order chi connectivity index (χ1) is 10.5. The maximum atomic E-state index is 12.7. The Hall–Kier alpha value is -1.79. The van der Waals surface area contributed by atoms with Crippen molar-refractivity contribution in [3.05, 3.63) is 46.7 Å². The molecule has 1 aliphatic heterocycles. The largest absolute Gasteiger partial charge is 0.350 e. The predicted molar refractivity (Wildman–Crippen MR) is 90.3 cm³/mol. The summed E-state index contributed by atoms with van der Waals surface area (Å²) in [6.07, 6.45) is 0. The highest BCUT2D eigenvalue weighted by Crippen LogP contribution is 2.44. The molecule has 6 heteroatoms. The van der Waals surface area contributed by atoms with Gasteiger partial charge in [-0.05, 0) is 30.5 Å². The first kappa shape index (κ1) is 15.1. The molecule has 22 heavy (non-hydrogen) atoms. The van der Waals surface area contributed by atoms with Gasteiger partial charge in [0.25, 0.3) is 5.91 Å². The van der Waals surface area contributed by atoms with E-state index >= 15 is 0 Å². The molecule has 1 atom stereocenters. The Morgan fingerprint density at radius 2 is 2.05 bits per heavy atom. The minimum absolute atomic E-state index is 0.195. The van der Waals surface area contributed by atoms with Crippen LogP contribution < -0.4 is 10.2 Å². The Morgan fingerprint density at radius 3 is 2.77 bits per heavy atom. The van der Waals surface area contributed by atoms with E-state index in [9.17, 15) is 9.59 Å². The van der Waals surface area contributed by atoms with Crippen LogP contribution in [-0.2, 0) is 16.1 Å². The van der Waals surface area contributed by atoms with Gasteiger partial charge in [0.2, 0.25) is 5.91 Å². The molecule has 0 unspecified atom stereocenters. The molecular formula is C16H16N2O2S2. The zero-order valence-electron chi connectivity index (χ0n) is 12.3. The van der Waals surface area contributed by atoms with E-state index in [0.29, 0.717) is 6.54 Å². The fraction of sp³-hybridized carbons (Fsp3) is 0.250. The molecule has 0 saturated heterocycles. The van der Waals surface area contributed by atoms with E-state index in [2.05, 4.69) is 5.32 Å². The number of thioether (sulfide) groups is 1. The molecule has 0 fully saturated rings. The van der Waals surface area contributed by atoms with E-state index in [0.717, 1.165) is 15.5 Å². The van der Waals surface area contributed by atoms with E-state index in [1.54, 1.807) is 30.2 Å². The molecule has 0 aliphatic carbocycles. The van der Waals surface area contributed by atoms with Gasteiger partial charge in [-0.15, -0.1) is 11.3 Å². The molecule has 1 aromatic heterocycles. The van der Waals surface area contributed by atoms with Gasteiger partial charge in [-0.3, -0.25) is 9.59 Å². The van der Waals surface area contributed by atoms with Gasteiger partial charge in [0.15, 0.2) is 4.75 Å². The van der Waals surface area contributed by atoms with E-state index < -0.39 is 4.75 Å². The van der Waals surface area contributed by atoms with Crippen LogP contribution in [0.1, 0.15) is 11.8 Å². The van der Waals surface area contributed by atoms with Crippen LogP contribution in [0.5, 0.6) is 0 Å². The Kier molecular flexibility index (Phi) is 3.97. The lowest BCUT2D eigenvalue weighted by Gasteiger charge is -2.36. The highest BCUT2D eigenvalue weighted by Gasteiger charge is 2.48. The maximum absolute atomic E-state index is 12.7. The van der Waals surface area contributed by atoms with Gasteiger partial charge in [0, 0.05) is 16.8 Å². The van der Waals surface area contributed by atoms with Crippen LogP contribution in [0.4, 0.5) is 5.69 Å². The van der Waals surface area contributed by atoms with Crippen LogP contribution in [0.25, 0.3) is 0 Å². The van der Waals surface area contributed by atoms with Crippen molar-refractivity contribution in [2.75, 3.05) is 11.9 Å². The fourth-order valence-corrected chi connectivity index (χ4v) is 4.34. The summed E-state index contributed by atoms with van der Waals surface area (Å²) in [5.74, 6) is -0.447. The molecule has 0 spiro atoms. The first-order valence-electron chi connectivity index (χ1n) is 6.89. The molecule has 1 aliphatic rings. The van der Waals surface area contributed by atoms with Crippen molar-refractivity contribution in [1.82, 2.24) is 5.32 Å². The van der Waals surface area contributed by atoms with E-state index in [-0.39, 0.29) is 11.8 Å². The minimum Gasteiger partial charge on any atom is -0.350 e. The van der Waals surface area contributed by atoms with Gasteiger partial charge in [-0.2, -0.15) is 0 Å². The zero-order chi connectivity index (χ0) is 15.7. The van der Waals surface area contributed by atoms with Crippen molar-refractivity contribution in [3.63, 3.8) is 0 Å². The quantitative estimate of drug-likeness (QED) is 0.879. The molecule has 4 nitrogen and oxygen atoms in total. The first-order valence-corrected chi connectivity index (χ1v) is 8.59. The number of anilines is 1. The molecule has 3 rings (SSSR count). The van der Waals surface area contributed by atoms with E-state index in [4.69, 9.17) is 0 Å². The van der Waals surface area contributed by atoms with E-state index in [1.807, 2.05) is 41.8 Å². The molecule has 0 saturated carbocycles. The number of fused-ring (bicyclic) bond motifs is 1. The number of nitrogens with zero attached hydrogens (tertiary/aromatic N) is 1. The number of hydrogen-bond acceptors (Lipinski definition) is 4. The standard InChI is InChI=1S/C16H16N2O2S2/c1-16(14(19)17-10-11-6-5-9-21-11)15(20)18(2)12-7-3-4-8-13(12)22-16/h3-9H,10H2,1-2H3,(H,17,19)/t16-/m0/s1. The van der Waals surface area contributed by atoms with Gasteiger partial charge in [0.1, 0.15) is 0 Å². The van der Waals surface area contributed by atoms with Crippen LogP contribution in [0.3, 0.4) is 0 Å². The number of para-hydroxylation sites is 1. The number of nitrogens with one attached hydrogen (secondary N) is 1. The molecular weight excluding hydrogens is 316 g/mol. The average Bonchev–Trinajstić information content (AvgIpc) is 3.04. The number of benzene rings is 1. The zero-order valence-corrected chi connectivity index (χ0v) is 14.0. The lowest BCUT2D eigenvalue weighted by Crippen LogP contribution is -2.55. The topological polar surface area (TPSA) is 49.4 Å². The van der Waals surface area contributed by atoms with Crippen LogP contribution in [0.15, 0.2) is 46.7 Å². The highest BCUT2D eigenvalue weighted by molar-refractivity contribution is 8.02. The number of carbonyl (C=O) groups is 2. The molecule has 0 radical (unpaired) electrons. The summed E-state index contributed by atoms with van der Waals surface area (Å²) in [5, 5.41) is 4.85. The Bertz CT molecular complexity index is 715. The third-order valence-electron chi connectivity index (χ3n) is 3.69. The maximum Gasteiger partial charge on any atom is 0.252 e. The third kappa shape index (κ3) is 2.53. The number of hydrogen-bond donors (Lipinski definition) is 1.